The number of benzene rings is 1. The van der Waals surface area contributed by atoms with Gasteiger partial charge in [-0.05, 0) is 57.0 Å². The van der Waals surface area contributed by atoms with Gasteiger partial charge in [-0.1, -0.05) is 13.0 Å². The zero-order valence-electron chi connectivity index (χ0n) is 20.1. The second-order valence-electron chi connectivity index (χ2n) is 9.66. The van der Waals surface area contributed by atoms with Crippen molar-refractivity contribution < 1.29 is 19.4 Å². The number of hydrogen-bond acceptors (Lipinski definition) is 6. The van der Waals surface area contributed by atoms with Gasteiger partial charge < -0.3 is 25.0 Å². The molecule has 2 aromatic rings. The monoisotopic (exact) mass is 466 g/mol. The second-order valence-corrected chi connectivity index (χ2v) is 9.66. The first-order valence-electron chi connectivity index (χ1n) is 12.0. The second kappa shape index (κ2) is 10.5. The van der Waals surface area contributed by atoms with E-state index in [2.05, 4.69) is 29.2 Å². The molecule has 2 N–H and O–H groups in total. The van der Waals surface area contributed by atoms with Crippen molar-refractivity contribution in [2.45, 2.75) is 38.8 Å². The number of fused-ring (bicyclic) bond motifs is 1. The van der Waals surface area contributed by atoms with Crippen molar-refractivity contribution in [2.24, 2.45) is 11.8 Å². The highest BCUT2D eigenvalue weighted by Crippen LogP contribution is 2.35. The summed E-state index contributed by atoms with van der Waals surface area (Å²) in [5.74, 6) is 0.639. The predicted molar refractivity (Wildman–Crippen MR) is 130 cm³/mol. The smallest absolute Gasteiger partial charge is 0.258 e. The Morgan fingerprint density at radius 1 is 1.26 bits per heavy atom. The summed E-state index contributed by atoms with van der Waals surface area (Å²) in [5, 5.41) is 12.7. The van der Waals surface area contributed by atoms with Gasteiger partial charge in [-0.3, -0.25) is 14.6 Å². The summed E-state index contributed by atoms with van der Waals surface area (Å²) in [5.41, 5.74) is 1.30. The van der Waals surface area contributed by atoms with Crippen LogP contribution < -0.4 is 10.1 Å². The van der Waals surface area contributed by atoms with E-state index in [9.17, 15) is 14.7 Å². The summed E-state index contributed by atoms with van der Waals surface area (Å²) in [4.78, 5) is 34.4. The number of carbonyl (C=O) groups is 2. The normalized spacial score (nSPS) is 21.3. The molecule has 0 bridgehead atoms. The molecule has 8 nitrogen and oxygen atoms in total. The Morgan fingerprint density at radius 3 is 2.68 bits per heavy atom. The van der Waals surface area contributed by atoms with Crippen molar-refractivity contribution in [3.63, 3.8) is 0 Å². The first-order valence-corrected chi connectivity index (χ1v) is 12.0. The molecule has 34 heavy (non-hydrogen) atoms. The number of amides is 2. The molecule has 1 aliphatic carbocycles. The van der Waals surface area contributed by atoms with Crippen LogP contribution >= 0.6 is 0 Å². The van der Waals surface area contributed by atoms with Crippen LogP contribution in [0.4, 0.5) is 5.69 Å². The zero-order valence-corrected chi connectivity index (χ0v) is 20.1. The van der Waals surface area contributed by atoms with Crippen LogP contribution in [0.1, 0.15) is 47.4 Å². The minimum Gasteiger partial charge on any atom is -0.486 e. The highest BCUT2D eigenvalue weighted by molar-refractivity contribution is 6.07. The standard InChI is InChI=1S/C26H34N4O4/c1-17-13-30(18(2)16-31)26(33)21-5-4-6-22(28-25(32)20-9-11-27-12-10-20)24(21)34-23(17)15-29(3)14-19-7-8-19/h4-6,9-12,17-19,23,31H,7-8,13-16H2,1-3H3,(H,28,32)/t17-,18-,23-/m1/s1. The van der Waals surface area contributed by atoms with E-state index in [0.29, 0.717) is 35.7 Å². The number of aliphatic hydroxyl groups excluding tert-OH is 1. The van der Waals surface area contributed by atoms with E-state index >= 15 is 0 Å². The van der Waals surface area contributed by atoms with Gasteiger partial charge in [0, 0.05) is 43.5 Å². The van der Waals surface area contributed by atoms with Crippen LogP contribution in [0.15, 0.2) is 42.7 Å². The van der Waals surface area contributed by atoms with E-state index in [1.54, 1.807) is 47.6 Å². The number of aliphatic hydroxyl groups is 1. The zero-order chi connectivity index (χ0) is 24.2. The molecule has 3 atom stereocenters. The molecule has 1 fully saturated rings. The molecule has 2 amide bonds. The van der Waals surface area contributed by atoms with E-state index in [-0.39, 0.29) is 36.5 Å². The predicted octanol–water partition coefficient (Wildman–Crippen LogP) is 2.90. The summed E-state index contributed by atoms with van der Waals surface area (Å²) in [6.45, 7) is 6.00. The fourth-order valence-corrected chi connectivity index (χ4v) is 4.38. The molecule has 8 heteroatoms. The number of nitrogens with zero attached hydrogens (tertiary/aromatic N) is 3. The number of ether oxygens (including phenoxy) is 1. The Labute approximate surface area is 200 Å². The molecular formula is C26H34N4O4. The number of nitrogens with one attached hydrogen (secondary N) is 1. The van der Waals surface area contributed by atoms with Crippen molar-refractivity contribution >= 4 is 17.5 Å². The minimum atomic E-state index is -0.333. The molecule has 1 aromatic heterocycles. The van der Waals surface area contributed by atoms with Crippen molar-refractivity contribution in [2.75, 3.05) is 38.6 Å². The number of aromatic nitrogens is 1. The fourth-order valence-electron chi connectivity index (χ4n) is 4.38. The van der Waals surface area contributed by atoms with Crippen LogP contribution in [0, 0.1) is 11.8 Å². The van der Waals surface area contributed by atoms with Crippen LogP contribution in [0.3, 0.4) is 0 Å². The molecule has 1 aromatic carbocycles. The number of anilines is 1. The molecule has 4 rings (SSSR count). The number of carbonyl (C=O) groups excluding carboxylic acids is 2. The molecule has 1 aliphatic heterocycles. The maximum atomic E-state index is 13.5. The van der Waals surface area contributed by atoms with Crippen molar-refractivity contribution in [1.82, 2.24) is 14.8 Å². The SMILES string of the molecule is C[C@@H]1CN([C@H](C)CO)C(=O)c2cccc(NC(=O)c3ccncc3)c2O[C@@H]1CN(C)CC1CC1. The van der Waals surface area contributed by atoms with Gasteiger partial charge in [0.2, 0.25) is 0 Å². The molecule has 1 saturated carbocycles. The van der Waals surface area contributed by atoms with Gasteiger partial charge in [0.1, 0.15) is 6.10 Å². The van der Waals surface area contributed by atoms with Crippen LogP contribution in [0.25, 0.3) is 0 Å². The summed E-state index contributed by atoms with van der Waals surface area (Å²) in [6, 6.07) is 8.15. The highest BCUT2D eigenvalue weighted by Gasteiger charge is 2.35. The first kappa shape index (κ1) is 24.2. The van der Waals surface area contributed by atoms with Crippen molar-refractivity contribution in [3.8, 4) is 5.75 Å². The lowest BCUT2D eigenvalue weighted by Crippen LogP contribution is -2.50. The van der Waals surface area contributed by atoms with E-state index in [4.69, 9.17) is 4.74 Å². The third-order valence-corrected chi connectivity index (χ3v) is 6.64. The fraction of sp³-hybridized carbons (Fsp3) is 0.500. The average Bonchev–Trinajstić information content (AvgIpc) is 3.65. The average molecular weight is 467 g/mol. The Morgan fingerprint density at radius 2 is 2.00 bits per heavy atom. The van der Waals surface area contributed by atoms with E-state index in [0.717, 1.165) is 12.5 Å². The van der Waals surface area contributed by atoms with Crippen molar-refractivity contribution in [1.29, 1.82) is 0 Å². The number of pyridine rings is 1. The van der Waals surface area contributed by atoms with Crippen LogP contribution in [0.2, 0.25) is 0 Å². The van der Waals surface area contributed by atoms with Gasteiger partial charge in [-0.2, -0.15) is 0 Å². The first-order chi connectivity index (χ1) is 16.4. The summed E-state index contributed by atoms with van der Waals surface area (Å²) < 4.78 is 6.54. The summed E-state index contributed by atoms with van der Waals surface area (Å²) >= 11 is 0. The maximum absolute atomic E-state index is 13.5. The minimum absolute atomic E-state index is 0.0247. The lowest BCUT2D eigenvalue weighted by molar-refractivity contribution is 0.0345. The van der Waals surface area contributed by atoms with E-state index in [1.165, 1.54) is 12.8 Å². The lowest BCUT2D eigenvalue weighted by atomic mass is 9.99. The molecule has 0 radical (unpaired) electrons. The Bertz CT molecular complexity index is 1010. The Hall–Kier alpha value is -2.97. The third-order valence-electron chi connectivity index (χ3n) is 6.64. The van der Waals surface area contributed by atoms with Gasteiger partial charge >= 0.3 is 0 Å². The topological polar surface area (TPSA) is 95.0 Å². The molecule has 0 saturated heterocycles. The number of rotatable bonds is 8. The number of likely N-dealkylation sites (N-methyl/N-ethyl adjacent to an activating group) is 1. The van der Waals surface area contributed by atoms with Gasteiger partial charge in [-0.25, -0.2) is 0 Å². The summed E-state index contributed by atoms with van der Waals surface area (Å²) in [6.07, 6.45) is 5.48. The van der Waals surface area contributed by atoms with Crippen LogP contribution in [-0.2, 0) is 0 Å². The Balaban J connectivity index is 1.68. The van der Waals surface area contributed by atoms with E-state index < -0.39 is 0 Å². The van der Waals surface area contributed by atoms with Crippen LogP contribution in [-0.4, -0.2) is 77.1 Å². The van der Waals surface area contributed by atoms with Gasteiger partial charge in [0.15, 0.2) is 5.75 Å². The van der Waals surface area contributed by atoms with Crippen molar-refractivity contribution in [3.05, 3.63) is 53.9 Å². The van der Waals surface area contributed by atoms with Gasteiger partial charge in [-0.15, -0.1) is 0 Å². The highest BCUT2D eigenvalue weighted by atomic mass is 16.5. The molecular weight excluding hydrogens is 432 g/mol. The molecule has 0 spiro atoms. The quantitative estimate of drug-likeness (QED) is 0.621. The van der Waals surface area contributed by atoms with Crippen LogP contribution in [0.5, 0.6) is 5.75 Å². The Kier molecular flexibility index (Phi) is 7.48. The molecule has 2 aliphatic rings. The van der Waals surface area contributed by atoms with Gasteiger partial charge in [0.25, 0.3) is 11.8 Å². The molecule has 2 heterocycles. The van der Waals surface area contributed by atoms with Gasteiger partial charge in [0.05, 0.1) is 23.9 Å². The lowest BCUT2D eigenvalue weighted by Gasteiger charge is -2.38. The largest absolute Gasteiger partial charge is 0.486 e. The van der Waals surface area contributed by atoms with E-state index in [1.807, 2.05) is 6.92 Å². The molecule has 182 valence electrons. The maximum Gasteiger partial charge on any atom is 0.258 e. The number of hydrogen-bond donors (Lipinski definition) is 2. The number of para-hydroxylation sites is 1. The third kappa shape index (κ3) is 5.56. The molecule has 0 unspecified atom stereocenters. The summed E-state index contributed by atoms with van der Waals surface area (Å²) in [7, 11) is 2.10.